The van der Waals surface area contributed by atoms with E-state index in [9.17, 15) is 22.8 Å². The molecule has 1 atom stereocenters. The predicted molar refractivity (Wildman–Crippen MR) is 60.8 cm³/mol. The van der Waals surface area contributed by atoms with Crippen LogP contribution in [0.2, 0.25) is 0 Å². The molecule has 19 heavy (non-hydrogen) atoms. The highest BCUT2D eigenvalue weighted by molar-refractivity contribution is 7.14. The molecule has 0 bridgehead atoms. The number of hydrogen-bond donors (Lipinski definition) is 3. The molecule has 0 aliphatic carbocycles. The fraction of sp³-hybridized carbons (Fsp3) is 0.444. The lowest BCUT2D eigenvalue weighted by Gasteiger charge is -2.14. The molecule has 6 nitrogen and oxygen atoms in total. The van der Waals surface area contributed by atoms with Gasteiger partial charge in [-0.1, -0.05) is 0 Å². The van der Waals surface area contributed by atoms with Crippen LogP contribution >= 0.6 is 11.3 Å². The molecular formula is C9H10F3N3O3S. The van der Waals surface area contributed by atoms with E-state index in [2.05, 4.69) is 10.3 Å². The molecule has 0 spiro atoms. The van der Waals surface area contributed by atoms with E-state index >= 15 is 0 Å². The minimum atomic E-state index is -4.79. The molecule has 0 saturated heterocycles. The number of nitrogens with zero attached hydrogens (tertiary/aromatic N) is 1. The lowest BCUT2D eigenvalue weighted by Crippen LogP contribution is -2.40. The van der Waals surface area contributed by atoms with Crippen LogP contribution in [0.3, 0.4) is 0 Å². The maximum Gasteiger partial charge on any atom is 0.416 e. The van der Waals surface area contributed by atoms with Crippen molar-refractivity contribution in [3.63, 3.8) is 0 Å². The molecule has 0 aliphatic heterocycles. The Morgan fingerprint density at radius 2 is 2.16 bits per heavy atom. The van der Waals surface area contributed by atoms with Gasteiger partial charge in [0, 0.05) is 12.3 Å². The van der Waals surface area contributed by atoms with E-state index in [0.29, 0.717) is 0 Å². The Labute approximate surface area is 109 Å². The third-order valence-electron chi connectivity index (χ3n) is 1.85. The second-order valence-electron chi connectivity index (χ2n) is 3.49. The Bertz CT molecular complexity index is 475. The minimum absolute atomic E-state index is 0.136. The van der Waals surface area contributed by atoms with Gasteiger partial charge in [0.15, 0.2) is 11.2 Å². The average Bonchev–Trinajstić information content (AvgIpc) is 2.71. The number of rotatable bonds is 4. The molecule has 2 amide bonds. The zero-order valence-corrected chi connectivity index (χ0v) is 10.4. The molecule has 0 saturated carbocycles. The number of thiazole rings is 1. The van der Waals surface area contributed by atoms with E-state index in [-0.39, 0.29) is 16.7 Å². The van der Waals surface area contributed by atoms with Gasteiger partial charge in [-0.15, -0.1) is 11.3 Å². The third-order valence-corrected chi connectivity index (χ3v) is 2.61. The second kappa shape index (κ2) is 5.97. The van der Waals surface area contributed by atoms with Gasteiger partial charge in [-0.25, -0.2) is 4.98 Å². The summed E-state index contributed by atoms with van der Waals surface area (Å²) in [5, 5.41) is 14.4. The van der Waals surface area contributed by atoms with Gasteiger partial charge in [-0.2, -0.15) is 13.2 Å². The molecule has 1 aromatic rings. The molecule has 3 N–H and O–H groups in total. The lowest BCUT2D eigenvalue weighted by atomic mass is 10.3. The van der Waals surface area contributed by atoms with Gasteiger partial charge in [0.25, 0.3) is 5.91 Å². The van der Waals surface area contributed by atoms with Gasteiger partial charge in [0.05, 0.1) is 6.54 Å². The summed E-state index contributed by atoms with van der Waals surface area (Å²) in [7, 11) is 0. The largest absolute Gasteiger partial charge is 0.416 e. The van der Waals surface area contributed by atoms with Crippen molar-refractivity contribution in [3.05, 3.63) is 11.1 Å². The molecule has 1 heterocycles. The number of nitrogens with one attached hydrogen (secondary N) is 2. The highest BCUT2D eigenvalue weighted by atomic mass is 32.1. The molecule has 10 heteroatoms. The molecule has 1 rings (SSSR count). The van der Waals surface area contributed by atoms with E-state index < -0.39 is 24.7 Å². The summed E-state index contributed by atoms with van der Waals surface area (Å²) in [4.78, 5) is 25.8. The number of carbonyl (C=O) groups is 2. The Hall–Kier alpha value is -1.68. The summed E-state index contributed by atoms with van der Waals surface area (Å²) in [5.74, 6) is -1.25. The molecule has 106 valence electrons. The first-order valence-corrected chi connectivity index (χ1v) is 5.84. The van der Waals surface area contributed by atoms with Crippen LogP contribution in [0.5, 0.6) is 0 Å². The van der Waals surface area contributed by atoms with Crippen molar-refractivity contribution in [2.75, 3.05) is 11.9 Å². The zero-order chi connectivity index (χ0) is 14.6. The number of anilines is 1. The van der Waals surface area contributed by atoms with Crippen LogP contribution in [0.15, 0.2) is 5.38 Å². The minimum Gasteiger partial charge on any atom is -0.382 e. The molecule has 1 unspecified atom stereocenters. The average molecular weight is 297 g/mol. The van der Waals surface area contributed by atoms with E-state index in [1.54, 1.807) is 0 Å². The number of aliphatic hydroxyl groups excluding tert-OH is 1. The number of amides is 2. The van der Waals surface area contributed by atoms with Gasteiger partial charge in [-0.05, 0) is 0 Å². The number of aromatic nitrogens is 1. The van der Waals surface area contributed by atoms with Crippen LogP contribution in [-0.2, 0) is 4.79 Å². The molecular weight excluding hydrogens is 287 g/mol. The fourth-order valence-electron chi connectivity index (χ4n) is 0.982. The normalized spacial score (nSPS) is 12.9. The summed E-state index contributed by atoms with van der Waals surface area (Å²) in [6.07, 6.45) is -7.43. The van der Waals surface area contributed by atoms with Crippen molar-refractivity contribution in [1.82, 2.24) is 10.3 Å². The molecule has 0 aromatic carbocycles. The first-order valence-electron chi connectivity index (χ1n) is 4.96. The van der Waals surface area contributed by atoms with Crippen molar-refractivity contribution in [3.8, 4) is 0 Å². The Morgan fingerprint density at radius 3 is 2.68 bits per heavy atom. The van der Waals surface area contributed by atoms with E-state index in [4.69, 9.17) is 5.11 Å². The van der Waals surface area contributed by atoms with Gasteiger partial charge in [0.2, 0.25) is 5.91 Å². The predicted octanol–water partition coefficient (Wildman–Crippen LogP) is 0.754. The quantitative estimate of drug-likeness (QED) is 0.765. The first-order chi connectivity index (χ1) is 8.70. The van der Waals surface area contributed by atoms with Crippen LogP contribution in [0.4, 0.5) is 18.3 Å². The van der Waals surface area contributed by atoms with Crippen molar-refractivity contribution < 1.29 is 27.9 Å². The zero-order valence-electron chi connectivity index (χ0n) is 9.61. The first kappa shape index (κ1) is 15.4. The van der Waals surface area contributed by atoms with E-state index in [1.165, 1.54) is 12.3 Å². The monoisotopic (exact) mass is 297 g/mol. The van der Waals surface area contributed by atoms with Crippen molar-refractivity contribution in [2.24, 2.45) is 0 Å². The number of alkyl halides is 3. The molecule has 0 fully saturated rings. The molecule has 0 aliphatic rings. The standard InChI is InChI=1S/C9H10F3N3O3S/c1-4(16)14-8-15-5(3-19-8)7(18)13-2-6(17)9(10,11)12/h3,6,17H,2H2,1H3,(H,13,18)(H,14,15,16). The number of halogens is 3. The number of carbonyl (C=O) groups excluding carboxylic acids is 2. The Kier molecular flexibility index (Phi) is 4.84. The highest BCUT2D eigenvalue weighted by Crippen LogP contribution is 2.19. The smallest absolute Gasteiger partial charge is 0.382 e. The van der Waals surface area contributed by atoms with Crippen molar-refractivity contribution in [2.45, 2.75) is 19.2 Å². The lowest BCUT2D eigenvalue weighted by molar-refractivity contribution is -0.201. The van der Waals surface area contributed by atoms with E-state index in [0.717, 1.165) is 11.3 Å². The topological polar surface area (TPSA) is 91.3 Å². The third kappa shape index (κ3) is 4.83. The van der Waals surface area contributed by atoms with Crippen LogP contribution < -0.4 is 10.6 Å². The Morgan fingerprint density at radius 1 is 1.53 bits per heavy atom. The SMILES string of the molecule is CC(=O)Nc1nc(C(=O)NCC(O)C(F)(F)F)cs1. The van der Waals surface area contributed by atoms with Gasteiger partial charge >= 0.3 is 6.18 Å². The van der Waals surface area contributed by atoms with Crippen LogP contribution in [-0.4, -0.2) is 40.7 Å². The summed E-state index contributed by atoms with van der Waals surface area (Å²) in [5.41, 5.74) is -0.136. The van der Waals surface area contributed by atoms with Crippen LogP contribution in [0, 0.1) is 0 Å². The Balaban J connectivity index is 2.54. The van der Waals surface area contributed by atoms with Crippen LogP contribution in [0.25, 0.3) is 0 Å². The van der Waals surface area contributed by atoms with E-state index in [1.807, 2.05) is 5.32 Å². The second-order valence-corrected chi connectivity index (χ2v) is 4.34. The molecule has 0 radical (unpaired) electrons. The summed E-state index contributed by atoms with van der Waals surface area (Å²) >= 11 is 0.957. The maximum absolute atomic E-state index is 12.0. The fourth-order valence-corrected chi connectivity index (χ4v) is 1.72. The number of hydrogen-bond acceptors (Lipinski definition) is 5. The van der Waals surface area contributed by atoms with Gasteiger partial charge < -0.3 is 15.7 Å². The van der Waals surface area contributed by atoms with Gasteiger partial charge in [-0.3, -0.25) is 9.59 Å². The van der Waals surface area contributed by atoms with Crippen molar-refractivity contribution in [1.29, 1.82) is 0 Å². The summed E-state index contributed by atoms with van der Waals surface area (Å²) in [6.45, 7) is 0.288. The summed E-state index contributed by atoms with van der Waals surface area (Å²) in [6, 6.07) is 0. The molecule has 1 aromatic heterocycles. The maximum atomic E-state index is 12.0. The van der Waals surface area contributed by atoms with Gasteiger partial charge in [0.1, 0.15) is 5.69 Å². The summed E-state index contributed by atoms with van der Waals surface area (Å²) < 4.78 is 36.0. The van der Waals surface area contributed by atoms with Crippen molar-refractivity contribution >= 4 is 28.3 Å². The number of aliphatic hydroxyl groups is 1. The highest BCUT2D eigenvalue weighted by Gasteiger charge is 2.38. The van der Waals surface area contributed by atoms with Crippen LogP contribution in [0.1, 0.15) is 17.4 Å².